The van der Waals surface area contributed by atoms with Crippen molar-refractivity contribution in [2.75, 3.05) is 32.8 Å². The van der Waals surface area contributed by atoms with Gasteiger partial charge in [-0.05, 0) is 5.56 Å². The Hall–Kier alpha value is -1.35. The molecule has 5 atom stereocenters. The number of nitrogens with zero attached hydrogens (tertiary/aromatic N) is 2. The molecule has 2 unspecified atom stereocenters. The molecule has 0 amide bonds. The Morgan fingerprint density at radius 2 is 1.65 bits per heavy atom. The van der Waals surface area contributed by atoms with Gasteiger partial charge in [-0.1, -0.05) is 37.3 Å². The summed E-state index contributed by atoms with van der Waals surface area (Å²) in [4.78, 5) is 17.4. The minimum Gasteiger partial charge on any atom is -0.394 e. The van der Waals surface area contributed by atoms with Crippen molar-refractivity contribution in [3.8, 4) is 0 Å². The molecule has 4 aliphatic heterocycles. The van der Waals surface area contributed by atoms with Gasteiger partial charge in [0.25, 0.3) is 0 Å². The van der Waals surface area contributed by atoms with Crippen LogP contribution in [0, 0.1) is 5.41 Å². The van der Waals surface area contributed by atoms with E-state index in [0.29, 0.717) is 26.2 Å². The van der Waals surface area contributed by atoms with E-state index >= 15 is 0 Å². The van der Waals surface area contributed by atoms with Crippen molar-refractivity contribution in [3.63, 3.8) is 0 Å². The molecular formula is C19H26N2O5. The third-order valence-corrected chi connectivity index (χ3v) is 6.34. The van der Waals surface area contributed by atoms with Gasteiger partial charge in [0.2, 0.25) is 0 Å². The van der Waals surface area contributed by atoms with Crippen LogP contribution in [0.15, 0.2) is 30.3 Å². The highest BCUT2D eigenvalue weighted by Crippen LogP contribution is 2.50. The van der Waals surface area contributed by atoms with E-state index in [-0.39, 0.29) is 5.78 Å². The molecule has 0 aliphatic carbocycles. The topological polar surface area (TPSA) is 104 Å². The van der Waals surface area contributed by atoms with Crippen molar-refractivity contribution >= 4 is 5.78 Å². The van der Waals surface area contributed by atoms with Crippen LogP contribution in [0.25, 0.3) is 0 Å². The monoisotopic (exact) mass is 362 g/mol. The molecule has 4 N–H and O–H groups in total. The molecule has 26 heavy (non-hydrogen) atoms. The van der Waals surface area contributed by atoms with Gasteiger partial charge in [-0.3, -0.25) is 14.6 Å². The molecule has 4 heterocycles. The first-order valence-corrected chi connectivity index (χ1v) is 9.06. The highest BCUT2D eigenvalue weighted by atomic mass is 16.4. The fourth-order valence-electron chi connectivity index (χ4n) is 5.29. The predicted octanol–water partition coefficient (Wildman–Crippen LogP) is -1.45. The molecule has 1 aromatic rings. The van der Waals surface area contributed by atoms with E-state index < -0.39 is 41.9 Å². The Kier molecular flexibility index (Phi) is 4.22. The van der Waals surface area contributed by atoms with Crippen LogP contribution >= 0.6 is 0 Å². The van der Waals surface area contributed by atoms with Gasteiger partial charge in [0.05, 0.1) is 23.6 Å². The lowest BCUT2D eigenvalue weighted by molar-refractivity contribution is -0.216. The summed E-state index contributed by atoms with van der Waals surface area (Å²) in [6.07, 6.45) is -4.56. The van der Waals surface area contributed by atoms with E-state index in [0.717, 1.165) is 5.56 Å². The molecule has 0 saturated carbocycles. The van der Waals surface area contributed by atoms with E-state index in [1.807, 2.05) is 47.1 Å². The van der Waals surface area contributed by atoms with Crippen LogP contribution in [0.3, 0.4) is 0 Å². The minimum atomic E-state index is -1.45. The minimum absolute atomic E-state index is 0.243. The molecule has 1 aromatic carbocycles. The second kappa shape index (κ2) is 6.09. The Balaban J connectivity index is 1.69. The van der Waals surface area contributed by atoms with Gasteiger partial charge in [-0.2, -0.15) is 0 Å². The lowest BCUT2D eigenvalue weighted by Gasteiger charge is -2.66. The molecule has 5 rings (SSSR count). The molecule has 4 saturated heterocycles. The number of benzene rings is 1. The third kappa shape index (κ3) is 2.39. The lowest BCUT2D eigenvalue weighted by atomic mass is 9.58. The summed E-state index contributed by atoms with van der Waals surface area (Å²) in [7, 11) is 0. The molecule has 0 aromatic heterocycles. The van der Waals surface area contributed by atoms with Crippen LogP contribution in [-0.2, 0) is 10.2 Å². The molecule has 142 valence electrons. The maximum absolute atomic E-state index is 13.3. The Bertz CT molecular complexity index is 680. The van der Waals surface area contributed by atoms with E-state index in [1.165, 1.54) is 0 Å². The Morgan fingerprint density at radius 1 is 1.08 bits per heavy atom. The van der Waals surface area contributed by atoms with E-state index in [1.54, 1.807) is 0 Å². The number of aliphatic hydroxyl groups is 4. The lowest BCUT2D eigenvalue weighted by Crippen LogP contribution is -2.82. The number of rotatable bonds is 5. The number of Topliss-reactive ketones (excluding diaryl/α,β-unsaturated/α-hetero) is 1. The maximum atomic E-state index is 13.3. The average molecular weight is 362 g/mol. The number of ketones is 1. The van der Waals surface area contributed by atoms with Gasteiger partial charge >= 0.3 is 0 Å². The zero-order valence-corrected chi connectivity index (χ0v) is 14.8. The molecule has 4 aliphatic rings. The first-order valence-electron chi connectivity index (χ1n) is 9.06. The Labute approximate surface area is 152 Å². The highest BCUT2D eigenvalue weighted by Gasteiger charge is 2.65. The second-order valence-corrected chi connectivity index (χ2v) is 8.29. The molecule has 4 fully saturated rings. The van der Waals surface area contributed by atoms with Crippen LogP contribution < -0.4 is 0 Å². The van der Waals surface area contributed by atoms with Crippen LogP contribution in [0.5, 0.6) is 0 Å². The molecule has 4 bridgehead atoms. The largest absolute Gasteiger partial charge is 0.394 e. The summed E-state index contributed by atoms with van der Waals surface area (Å²) in [6.45, 7) is 3.33. The van der Waals surface area contributed by atoms with Crippen LogP contribution in [0.2, 0.25) is 0 Å². The SMILES string of the molecule is CC12CN3CC(c4ccccc4)(CN(C1)C3[C@H](O)[C@@H](O)[C@H](O)CO)C2=O. The average Bonchev–Trinajstić information content (AvgIpc) is 2.64. The molecule has 7 nitrogen and oxygen atoms in total. The zero-order valence-electron chi connectivity index (χ0n) is 14.8. The number of carbonyl (C=O) groups excluding carboxylic acids is 1. The van der Waals surface area contributed by atoms with Crippen molar-refractivity contribution in [2.24, 2.45) is 5.41 Å². The standard InChI is InChI=1S/C19H26N2O5/c1-18-8-20-10-19(17(18)26,12-5-3-2-4-6-12)11-21(9-18)16(20)15(25)14(24)13(23)7-22/h2-6,13-16,22-25H,7-11H2,1H3/t13-,14+,15-,16?,18?,19?/m1/s1. The van der Waals surface area contributed by atoms with Gasteiger partial charge in [0.1, 0.15) is 18.3 Å². The number of aliphatic hydroxyl groups excluding tert-OH is 4. The predicted molar refractivity (Wildman–Crippen MR) is 93.3 cm³/mol. The van der Waals surface area contributed by atoms with E-state index in [2.05, 4.69) is 0 Å². The molecular weight excluding hydrogens is 336 g/mol. The van der Waals surface area contributed by atoms with E-state index in [4.69, 9.17) is 5.11 Å². The van der Waals surface area contributed by atoms with Crippen molar-refractivity contribution < 1.29 is 25.2 Å². The number of carbonyl (C=O) groups is 1. The third-order valence-electron chi connectivity index (χ3n) is 6.34. The van der Waals surface area contributed by atoms with Gasteiger partial charge in [-0.25, -0.2) is 0 Å². The van der Waals surface area contributed by atoms with Crippen molar-refractivity contribution in [1.29, 1.82) is 0 Å². The first kappa shape index (κ1) is 18.0. The quantitative estimate of drug-likeness (QED) is 0.508. The van der Waals surface area contributed by atoms with Gasteiger partial charge in [0.15, 0.2) is 5.78 Å². The van der Waals surface area contributed by atoms with Crippen molar-refractivity contribution in [1.82, 2.24) is 9.80 Å². The maximum Gasteiger partial charge on any atom is 0.154 e. The van der Waals surface area contributed by atoms with E-state index in [9.17, 15) is 20.1 Å². The summed E-state index contributed by atoms with van der Waals surface area (Å²) in [6, 6.07) is 9.75. The summed E-state index contributed by atoms with van der Waals surface area (Å²) in [5.74, 6) is 0.243. The van der Waals surface area contributed by atoms with Gasteiger partial charge in [0, 0.05) is 26.2 Å². The van der Waals surface area contributed by atoms with Crippen LogP contribution in [0.1, 0.15) is 12.5 Å². The zero-order chi connectivity index (χ0) is 18.7. The van der Waals surface area contributed by atoms with Gasteiger partial charge < -0.3 is 20.4 Å². The number of hydrogen-bond donors (Lipinski definition) is 4. The highest BCUT2D eigenvalue weighted by molar-refractivity contribution is 5.97. The number of hydrogen-bond acceptors (Lipinski definition) is 7. The fourth-order valence-corrected chi connectivity index (χ4v) is 5.29. The summed E-state index contributed by atoms with van der Waals surface area (Å²) in [5.41, 5.74) is -0.179. The molecule has 0 radical (unpaired) electrons. The second-order valence-electron chi connectivity index (χ2n) is 8.29. The molecule has 0 spiro atoms. The summed E-state index contributed by atoms with van der Waals surface area (Å²) < 4.78 is 0. The fraction of sp³-hybridized carbons (Fsp3) is 0.632. The normalized spacial score (nSPS) is 41.9. The molecule has 7 heteroatoms. The van der Waals surface area contributed by atoms with Crippen molar-refractivity contribution in [2.45, 2.75) is 36.8 Å². The summed E-state index contributed by atoms with van der Waals surface area (Å²) in [5, 5.41) is 39.7. The van der Waals surface area contributed by atoms with Crippen molar-refractivity contribution in [3.05, 3.63) is 35.9 Å². The van der Waals surface area contributed by atoms with Crippen LogP contribution in [-0.4, -0.2) is 93.3 Å². The number of piperidine rings is 2. The first-order chi connectivity index (χ1) is 12.3. The van der Waals surface area contributed by atoms with Gasteiger partial charge in [-0.15, -0.1) is 0 Å². The van der Waals surface area contributed by atoms with Crippen LogP contribution in [0.4, 0.5) is 0 Å². The summed E-state index contributed by atoms with van der Waals surface area (Å²) >= 11 is 0. The Morgan fingerprint density at radius 3 is 2.19 bits per heavy atom. The smallest absolute Gasteiger partial charge is 0.154 e.